The number of carbonyl (C=O) groups is 2. The Kier molecular flexibility index (Phi) is 7.06. The van der Waals surface area contributed by atoms with Gasteiger partial charge in [-0.25, -0.2) is 4.79 Å². The van der Waals surface area contributed by atoms with E-state index in [1.165, 1.54) is 0 Å². The molecule has 3 saturated heterocycles. The van der Waals surface area contributed by atoms with Gasteiger partial charge in [-0.05, 0) is 45.4 Å². The lowest BCUT2D eigenvalue weighted by Gasteiger charge is -2.49. The zero-order valence-corrected chi connectivity index (χ0v) is 18.2. The van der Waals surface area contributed by atoms with Crippen LogP contribution >= 0.6 is 0 Å². The highest BCUT2D eigenvalue weighted by molar-refractivity contribution is 5.73. The highest BCUT2D eigenvalue weighted by atomic mass is 16.6. The van der Waals surface area contributed by atoms with Gasteiger partial charge >= 0.3 is 6.09 Å². The largest absolute Gasteiger partial charge is 0.450 e. The first-order valence-electron chi connectivity index (χ1n) is 11.0. The van der Waals surface area contributed by atoms with Crippen molar-refractivity contribution in [1.82, 2.24) is 14.7 Å². The van der Waals surface area contributed by atoms with Gasteiger partial charge in [0.1, 0.15) is 0 Å². The Labute approximate surface area is 174 Å². The Balaban J connectivity index is 1.47. The summed E-state index contributed by atoms with van der Waals surface area (Å²) in [5, 5.41) is 11.0. The molecule has 0 aromatic carbocycles. The molecule has 0 aromatic heterocycles. The van der Waals surface area contributed by atoms with E-state index < -0.39 is 5.60 Å². The van der Waals surface area contributed by atoms with E-state index in [4.69, 9.17) is 9.47 Å². The smallest absolute Gasteiger partial charge is 0.409 e. The zero-order chi connectivity index (χ0) is 21.1. The van der Waals surface area contributed by atoms with Crippen molar-refractivity contribution >= 4 is 12.0 Å². The minimum atomic E-state index is -0.752. The van der Waals surface area contributed by atoms with Gasteiger partial charge in [0.2, 0.25) is 5.91 Å². The van der Waals surface area contributed by atoms with E-state index in [2.05, 4.69) is 4.90 Å². The molecular weight excluding hydrogens is 374 g/mol. The number of hydrogen-bond donors (Lipinski definition) is 1. The van der Waals surface area contributed by atoms with Crippen LogP contribution in [-0.2, 0) is 14.3 Å². The second-order valence-corrected chi connectivity index (χ2v) is 8.99. The van der Waals surface area contributed by atoms with E-state index in [9.17, 15) is 14.7 Å². The third kappa shape index (κ3) is 5.41. The molecule has 3 rings (SSSR count). The average Bonchev–Trinajstić information content (AvgIpc) is 2.70. The van der Waals surface area contributed by atoms with Gasteiger partial charge in [0.25, 0.3) is 0 Å². The van der Waals surface area contributed by atoms with Crippen LogP contribution in [0.15, 0.2) is 0 Å². The molecule has 0 radical (unpaired) electrons. The Morgan fingerprint density at radius 2 is 1.83 bits per heavy atom. The molecule has 2 amide bonds. The summed E-state index contributed by atoms with van der Waals surface area (Å²) in [7, 11) is 1.89. The summed E-state index contributed by atoms with van der Waals surface area (Å²) >= 11 is 0. The minimum Gasteiger partial charge on any atom is -0.450 e. The molecule has 1 N–H and O–H groups in total. The number of aliphatic hydroxyl groups is 1. The lowest BCUT2D eigenvalue weighted by atomic mass is 9.81. The lowest BCUT2D eigenvalue weighted by Crippen LogP contribution is -2.57. The fraction of sp³-hybridized carbons (Fsp3) is 0.905. The molecule has 0 bridgehead atoms. The third-order valence-corrected chi connectivity index (χ3v) is 7.02. The van der Waals surface area contributed by atoms with Gasteiger partial charge in [-0.3, -0.25) is 4.79 Å². The molecule has 8 nitrogen and oxygen atoms in total. The van der Waals surface area contributed by atoms with Crippen LogP contribution in [0.3, 0.4) is 0 Å². The molecule has 0 saturated carbocycles. The molecule has 1 unspecified atom stereocenters. The molecule has 166 valence electrons. The van der Waals surface area contributed by atoms with Gasteiger partial charge in [0.15, 0.2) is 0 Å². The molecule has 1 atom stereocenters. The molecule has 3 aliphatic rings. The second-order valence-electron chi connectivity index (χ2n) is 8.99. The van der Waals surface area contributed by atoms with Crippen LogP contribution in [0.5, 0.6) is 0 Å². The van der Waals surface area contributed by atoms with Crippen molar-refractivity contribution in [3.8, 4) is 0 Å². The highest BCUT2D eigenvalue weighted by Crippen LogP contribution is 2.37. The Morgan fingerprint density at radius 3 is 2.41 bits per heavy atom. The van der Waals surface area contributed by atoms with Crippen molar-refractivity contribution in [2.45, 2.75) is 69.6 Å². The SMILES string of the molecule is CCOC(=O)N1CCC(O)(CN2CCC3(CC2)CC(N(C)C(C)=O)CCO3)CC1. The summed E-state index contributed by atoms with van der Waals surface area (Å²) in [5.74, 6) is 0.112. The molecule has 3 aliphatic heterocycles. The van der Waals surface area contributed by atoms with Gasteiger partial charge in [0, 0.05) is 59.3 Å². The number of β-amino-alcohol motifs (C(OH)–C–C–N with tert-alkyl or cyclic N) is 1. The van der Waals surface area contributed by atoms with Crippen LogP contribution in [-0.4, -0.2) is 102 Å². The first-order valence-corrected chi connectivity index (χ1v) is 11.0. The van der Waals surface area contributed by atoms with E-state index in [0.717, 1.165) is 38.8 Å². The van der Waals surface area contributed by atoms with E-state index in [0.29, 0.717) is 45.7 Å². The van der Waals surface area contributed by atoms with Crippen molar-refractivity contribution in [2.24, 2.45) is 0 Å². The molecular formula is C21H37N3O5. The third-order valence-electron chi connectivity index (χ3n) is 7.02. The van der Waals surface area contributed by atoms with Crippen molar-refractivity contribution in [3.05, 3.63) is 0 Å². The Hall–Kier alpha value is -1.38. The summed E-state index contributed by atoms with van der Waals surface area (Å²) in [4.78, 5) is 29.5. The van der Waals surface area contributed by atoms with E-state index in [1.807, 2.05) is 11.9 Å². The molecule has 1 spiro atoms. The monoisotopic (exact) mass is 411 g/mol. The average molecular weight is 412 g/mol. The van der Waals surface area contributed by atoms with E-state index in [-0.39, 0.29) is 23.6 Å². The van der Waals surface area contributed by atoms with Crippen LogP contribution in [0.4, 0.5) is 4.79 Å². The molecule has 0 aliphatic carbocycles. The van der Waals surface area contributed by atoms with E-state index >= 15 is 0 Å². The van der Waals surface area contributed by atoms with Crippen molar-refractivity contribution in [2.75, 3.05) is 53.0 Å². The van der Waals surface area contributed by atoms with Crippen LogP contribution in [0.25, 0.3) is 0 Å². The maximum absolute atomic E-state index is 11.9. The molecule has 0 aromatic rings. The number of piperidine rings is 2. The molecule has 29 heavy (non-hydrogen) atoms. The first kappa shape index (κ1) is 22.3. The van der Waals surface area contributed by atoms with Gasteiger partial charge < -0.3 is 29.3 Å². The van der Waals surface area contributed by atoms with Crippen molar-refractivity contribution < 1.29 is 24.2 Å². The molecule has 3 fully saturated rings. The van der Waals surface area contributed by atoms with Crippen molar-refractivity contribution in [3.63, 3.8) is 0 Å². The van der Waals surface area contributed by atoms with Crippen LogP contribution < -0.4 is 0 Å². The van der Waals surface area contributed by atoms with Gasteiger partial charge in [0.05, 0.1) is 17.8 Å². The summed E-state index contributed by atoms with van der Waals surface area (Å²) in [6.07, 6.45) is 4.54. The number of likely N-dealkylation sites (tertiary alicyclic amines) is 2. The summed E-state index contributed by atoms with van der Waals surface area (Å²) in [5.41, 5.74) is -0.892. The number of hydrogen-bond acceptors (Lipinski definition) is 6. The normalized spacial score (nSPS) is 26.9. The topological polar surface area (TPSA) is 82.5 Å². The van der Waals surface area contributed by atoms with E-state index in [1.54, 1.807) is 18.7 Å². The summed E-state index contributed by atoms with van der Waals surface area (Å²) in [6.45, 7) is 7.99. The zero-order valence-electron chi connectivity index (χ0n) is 18.2. The number of nitrogens with zero attached hydrogens (tertiary/aromatic N) is 3. The standard InChI is InChI=1S/C21H37N3O5/c1-4-28-19(26)24-12-6-20(27,7-13-24)16-23-10-8-21(9-11-23)15-18(5-14-29-21)22(3)17(2)25/h18,27H,4-16H2,1-3H3. The number of carbonyl (C=O) groups excluding carboxylic acids is 2. The molecule has 8 heteroatoms. The maximum atomic E-state index is 11.9. The quantitative estimate of drug-likeness (QED) is 0.754. The van der Waals surface area contributed by atoms with Crippen LogP contribution in [0, 0.1) is 0 Å². The lowest BCUT2D eigenvalue weighted by molar-refractivity contribution is -0.149. The number of ether oxygens (including phenoxy) is 2. The predicted molar refractivity (Wildman–Crippen MR) is 109 cm³/mol. The van der Waals surface area contributed by atoms with Gasteiger partial charge in [-0.2, -0.15) is 0 Å². The fourth-order valence-electron chi connectivity index (χ4n) is 4.95. The first-order chi connectivity index (χ1) is 13.8. The van der Waals surface area contributed by atoms with Gasteiger partial charge in [-0.15, -0.1) is 0 Å². The second kappa shape index (κ2) is 9.18. The van der Waals surface area contributed by atoms with Crippen LogP contribution in [0.1, 0.15) is 52.4 Å². The van der Waals surface area contributed by atoms with Crippen molar-refractivity contribution in [1.29, 1.82) is 0 Å². The number of rotatable bonds is 4. The molecule has 3 heterocycles. The summed E-state index contributed by atoms with van der Waals surface area (Å²) < 4.78 is 11.3. The summed E-state index contributed by atoms with van der Waals surface area (Å²) in [6, 6.07) is 0.254. The highest BCUT2D eigenvalue weighted by Gasteiger charge is 2.43. The Bertz CT molecular complexity index is 583. The minimum absolute atomic E-state index is 0.112. The number of amides is 2. The van der Waals surface area contributed by atoms with Crippen LogP contribution in [0.2, 0.25) is 0 Å². The Morgan fingerprint density at radius 1 is 1.17 bits per heavy atom. The maximum Gasteiger partial charge on any atom is 0.409 e. The fourth-order valence-corrected chi connectivity index (χ4v) is 4.95. The van der Waals surface area contributed by atoms with Gasteiger partial charge in [-0.1, -0.05) is 0 Å². The predicted octanol–water partition coefficient (Wildman–Crippen LogP) is 1.46.